The number of hydrogen-bond acceptors (Lipinski definition) is 5. The molecule has 8 heteroatoms. The van der Waals surface area contributed by atoms with E-state index < -0.39 is 11.2 Å². The van der Waals surface area contributed by atoms with Crippen LogP contribution in [0.5, 0.6) is 0 Å². The van der Waals surface area contributed by atoms with E-state index in [4.69, 9.17) is 10.5 Å². The van der Waals surface area contributed by atoms with Crippen LogP contribution in [0.4, 0.5) is 11.5 Å². The predicted octanol–water partition coefficient (Wildman–Crippen LogP) is 2.51. The monoisotopic (exact) mass is 428 g/mol. The SMILES string of the molecule is COCCCN(C(=O)CC1CCCCC1)c1c(N)n(Cc2ccccc2)c(=O)[nH]c1=O. The number of nitrogens with two attached hydrogens (primary N) is 1. The summed E-state index contributed by atoms with van der Waals surface area (Å²) in [6, 6.07) is 9.37. The molecule has 0 saturated heterocycles. The van der Waals surface area contributed by atoms with E-state index in [2.05, 4.69) is 4.98 Å². The fourth-order valence-corrected chi connectivity index (χ4v) is 4.24. The molecule has 1 amide bonds. The zero-order valence-electron chi connectivity index (χ0n) is 18.1. The molecular formula is C23H32N4O4. The molecule has 0 aliphatic heterocycles. The van der Waals surface area contributed by atoms with Gasteiger partial charge in [0.15, 0.2) is 5.69 Å². The number of nitrogens with one attached hydrogen (secondary N) is 1. The number of rotatable bonds is 9. The van der Waals surface area contributed by atoms with Crippen molar-refractivity contribution in [2.45, 2.75) is 51.5 Å². The van der Waals surface area contributed by atoms with Crippen molar-refractivity contribution in [1.29, 1.82) is 0 Å². The van der Waals surface area contributed by atoms with Gasteiger partial charge in [-0.2, -0.15) is 0 Å². The van der Waals surface area contributed by atoms with Gasteiger partial charge in [-0.25, -0.2) is 4.79 Å². The van der Waals surface area contributed by atoms with Crippen LogP contribution in [0, 0.1) is 5.92 Å². The first-order valence-corrected chi connectivity index (χ1v) is 11.0. The highest BCUT2D eigenvalue weighted by atomic mass is 16.5. The van der Waals surface area contributed by atoms with Gasteiger partial charge < -0.3 is 15.4 Å². The molecule has 0 atom stereocenters. The van der Waals surface area contributed by atoms with Crippen molar-refractivity contribution in [2.75, 3.05) is 30.9 Å². The Morgan fingerprint density at radius 2 is 1.90 bits per heavy atom. The topological polar surface area (TPSA) is 110 Å². The number of nitrogen functional groups attached to an aromatic ring is 1. The number of aromatic nitrogens is 2. The lowest BCUT2D eigenvalue weighted by molar-refractivity contribution is -0.119. The van der Waals surface area contributed by atoms with Gasteiger partial charge in [0, 0.05) is 26.7 Å². The largest absolute Gasteiger partial charge is 0.385 e. The summed E-state index contributed by atoms with van der Waals surface area (Å²) >= 11 is 0. The third-order valence-corrected chi connectivity index (χ3v) is 5.89. The molecule has 3 N–H and O–H groups in total. The smallest absolute Gasteiger partial charge is 0.330 e. The maximum Gasteiger partial charge on any atom is 0.330 e. The van der Waals surface area contributed by atoms with E-state index in [0.29, 0.717) is 31.9 Å². The summed E-state index contributed by atoms with van der Waals surface area (Å²) in [5, 5.41) is 0. The third kappa shape index (κ3) is 5.85. The highest BCUT2D eigenvalue weighted by molar-refractivity contribution is 5.95. The van der Waals surface area contributed by atoms with Crippen molar-refractivity contribution in [3.8, 4) is 0 Å². The molecule has 2 aromatic rings. The summed E-state index contributed by atoms with van der Waals surface area (Å²) in [5.74, 6) is 0.193. The standard InChI is InChI=1S/C23H32N4O4/c1-31-14-8-13-26(19(28)15-17-9-4-2-5-10-17)20-21(24)27(23(30)25-22(20)29)16-18-11-6-3-7-12-18/h3,6-7,11-12,17H,2,4-5,8-10,13-16,24H2,1H3,(H,25,29,30). The van der Waals surface area contributed by atoms with Gasteiger partial charge >= 0.3 is 5.69 Å². The molecular weight excluding hydrogens is 396 g/mol. The summed E-state index contributed by atoms with van der Waals surface area (Å²) in [6.07, 6.45) is 6.46. The molecule has 0 spiro atoms. The van der Waals surface area contributed by atoms with Crippen LogP contribution in [0.2, 0.25) is 0 Å². The van der Waals surface area contributed by atoms with E-state index in [-0.39, 0.29) is 24.0 Å². The average Bonchev–Trinajstić information content (AvgIpc) is 2.77. The number of anilines is 2. The molecule has 3 rings (SSSR count). The minimum absolute atomic E-state index is 0.00649. The minimum Gasteiger partial charge on any atom is -0.385 e. The maximum atomic E-state index is 13.3. The van der Waals surface area contributed by atoms with Crippen LogP contribution in [-0.4, -0.2) is 35.7 Å². The zero-order chi connectivity index (χ0) is 22.2. The average molecular weight is 429 g/mol. The van der Waals surface area contributed by atoms with Crippen LogP contribution >= 0.6 is 0 Å². The van der Waals surface area contributed by atoms with Crippen LogP contribution in [0.15, 0.2) is 39.9 Å². The molecule has 0 unspecified atom stereocenters. The van der Waals surface area contributed by atoms with E-state index in [1.165, 1.54) is 15.9 Å². The Labute approximate surface area is 182 Å². The van der Waals surface area contributed by atoms with E-state index >= 15 is 0 Å². The second-order valence-corrected chi connectivity index (χ2v) is 8.16. The van der Waals surface area contributed by atoms with Gasteiger partial charge in [-0.05, 0) is 30.7 Å². The molecule has 1 aliphatic carbocycles. The molecule has 31 heavy (non-hydrogen) atoms. The molecule has 0 radical (unpaired) electrons. The van der Waals surface area contributed by atoms with Crippen LogP contribution < -0.4 is 21.9 Å². The maximum absolute atomic E-state index is 13.3. The lowest BCUT2D eigenvalue weighted by Crippen LogP contribution is -2.42. The van der Waals surface area contributed by atoms with Crippen LogP contribution in [0.3, 0.4) is 0 Å². The molecule has 1 heterocycles. The Bertz CT molecular complexity index is 977. The van der Waals surface area contributed by atoms with Gasteiger partial charge in [0.2, 0.25) is 5.91 Å². The van der Waals surface area contributed by atoms with E-state index in [9.17, 15) is 14.4 Å². The number of H-pyrrole nitrogens is 1. The van der Waals surface area contributed by atoms with E-state index in [1.54, 1.807) is 7.11 Å². The van der Waals surface area contributed by atoms with Gasteiger partial charge in [-0.1, -0.05) is 49.6 Å². The van der Waals surface area contributed by atoms with Crippen LogP contribution in [0.25, 0.3) is 0 Å². The Balaban J connectivity index is 1.94. The fraction of sp³-hybridized carbons (Fsp3) is 0.522. The van der Waals surface area contributed by atoms with Crippen molar-refractivity contribution in [3.05, 3.63) is 56.7 Å². The van der Waals surface area contributed by atoms with Crippen molar-refractivity contribution in [1.82, 2.24) is 9.55 Å². The first-order valence-electron chi connectivity index (χ1n) is 11.0. The number of methoxy groups -OCH3 is 1. The molecule has 168 valence electrons. The van der Waals surface area contributed by atoms with Gasteiger partial charge in [-0.3, -0.25) is 19.1 Å². The fourth-order valence-electron chi connectivity index (χ4n) is 4.24. The molecule has 1 fully saturated rings. The Hall–Kier alpha value is -2.87. The zero-order valence-corrected chi connectivity index (χ0v) is 18.1. The van der Waals surface area contributed by atoms with Gasteiger partial charge in [0.05, 0.1) is 6.54 Å². The Morgan fingerprint density at radius 1 is 1.19 bits per heavy atom. The number of carbonyl (C=O) groups is 1. The lowest BCUT2D eigenvalue weighted by atomic mass is 9.86. The second-order valence-electron chi connectivity index (χ2n) is 8.16. The molecule has 1 aromatic heterocycles. The van der Waals surface area contributed by atoms with E-state index in [1.807, 2.05) is 30.3 Å². The molecule has 1 saturated carbocycles. The summed E-state index contributed by atoms with van der Waals surface area (Å²) in [7, 11) is 1.59. The number of benzene rings is 1. The summed E-state index contributed by atoms with van der Waals surface area (Å²) in [5.41, 5.74) is 6.02. The van der Waals surface area contributed by atoms with Crippen LogP contribution in [0.1, 0.15) is 50.5 Å². The first kappa shape index (κ1) is 22.8. The van der Waals surface area contributed by atoms with E-state index in [0.717, 1.165) is 31.2 Å². The lowest BCUT2D eigenvalue weighted by Gasteiger charge is -2.28. The van der Waals surface area contributed by atoms with Crippen molar-refractivity contribution >= 4 is 17.4 Å². The molecule has 8 nitrogen and oxygen atoms in total. The van der Waals surface area contributed by atoms with Gasteiger partial charge in [0.1, 0.15) is 5.82 Å². The Kier molecular flexibility index (Phi) is 8.06. The van der Waals surface area contributed by atoms with Gasteiger partial charge in [0.25, 0.3) is 5.56 Å². The number of carbonyl (C=O) groups excluding carboxylic acids is 1. The van der Waals surface area contributed by atoms with Crippen molar-refractivity contribution < 1.29 is 9.53 Å². The number of aromatic amines is 1. The van der Waals surface area contributed by atoms with Crippen LogP contribution in [-0.2, 0) is 16.1 Å². The number of amides is 1. The second kappa shape index (κ2) is 10.9. The predicted molar refractivity (Wildman–Crippen MR) is 121 cm³/mol. The molecule has 0 bridgehead atoms. The summed E-state index contributed by atoms with van der Waals surface area (Å²) in [6.45, 7) is 0.961. The first-order chi connectivity index (χ1) is 15.0. The highest BCUT2D eigenvalue weighted by Gasteiger charge is 2.26. The number of ether oxygens (including phenoxy) is 1. The molecule has 1 aromatic carbocycles. The van der Waals surface area contributed by atoms with Crippen molar-refractivity contribution in [3.63, 3.8) is 0 Å². The Morgan fingerprint density at radius 3 is 2.58 bits per heavy atom. The summed E-state index contributed by atoms with van der Waals surface area (Å²) in [4.78, 5) is 42.3. The minimum atomic E-state index is -0.638. The quantitative estimate of drug-likeness (QED) is 0.596. The molecule has 1 aliphatic rings. The van der Waals surface area contributed by atoms with Crippen molar-refractivity contribution in [2.24, 2.45) is 5.92 Å². The van der Waals surface area contributed by atoms with Gasteiger partial charge in [-0.15, -0.1) is 0 Å². The number of hydrogen-bond donors (Lipinski definition) is 2. The normalized spacial score (nSPS) is 14.5. The highest BCUT2D eigenvalue weighted by Crippen LogP contribution is 2.28. The summed E-state index contributed by atoms with van der Waals surface area (Å²) < 4.78 is 6.44. The third-order valence-electron chi connectivity index (χ3n) is 5.89. The number of nitrogens with zero attached hydrogens (tertiary/aromatic N) is 2.